The van der Waals surface area contributed by atoms with Gasteiger partial charge in [0.15, 0.2) is 9.84 Å². The van der Waals surface area contributed by atoms with Crippen LogP contribution in [-0.2, 0) is 21.9 Å². The van der Waals surface area contributed by atoms with Gasteiger partial charge in [-0.05, 0) is 101 Å². The molecule has 1 aliphatic rings. The van der Waals surface area contributed by atoms with Gasteiger partial charge in [0.2, 0.25) is 0 Å². The molecule has 1 N–H and O–H groups in total. The van der Waals surface area contributed by atoms with Crippen LogP contribution in [0.3, 0.4) is 0 Å². The van der Waals surface area contributed by atoms with Gasteiger partial charge in [0.1, 0.15) is 0 Å². The van der Waals surface area contributed by atoms with Crippen LogP contribution in [-0.4, -0.2) is 37.1 Å². The van der Waals surface area contributed by atoms with Gasteiger partial charge in [-0.25, -0.2) is 8.42 Å². The number of aliphatic hydroxyl groups is 1. The molecule has 1 atom stereocenters. The van der Waals surface area contributed by atoms with Crippen LogP contribution >= 0.6 is 11.6 Å². The fourth-order valence-corrected chi connectivity index (χ4v) is 6.07. The van der Waals surface area contributed by atoms with Gasteiger partial charge in [-0.2, -0.15) is 0 Å². The van der Waals surface area contributed by atoms with Crippen molar-refractivity contribution in [1.82, 2.24) is 0 Å². The van der Waals surface area contributed by atoms with Crippen LogP contribution < -0.4 is 4.90 Å². The molecular weight excluding hydrogens is 478 g/mol. The normalized spacial score (nSPS) is 17.4. The molecule has 0 spiro atoms. The summed E-state index contributed by atoms with van der Waals surface area (Å²) in [6.07, 6.45) is 6.39. The molecule has 6 heteroatoms. The molecule has 2 aromatic rings. The molecule has 0 aromatic heterocycles. The Kier molecular flexibility index (Phi) is 9.33. The van der Waals surface area contributed by atoms with Crippen molar-refractivity contribution >= 4 is 27.1 Å². The number of nitrogens with zero attached hydrogens (tertiary/aromatic N) is 1. The molecule has 4 nitrogen and oxygen atoms in total. The van der Waals surface area contributed by atoms with Crippen molar-refractivity contribution in [3.8, 4) is 0 Å². The van der Waals surface area contributed by atoms with Crippen LogP contribution in [0, 0.1) is 5.92 Å². The maximum absolute atomic E-state index is 12.3. The van der Waals surface area contributed by atoms with Crippen LogP contribution in [0.25, 0.3) is 0 Å². The third-order valence-corrected chi connectivity index (χ3v) is 10.4. The summed E-state index contributed by atoms with van der Waals surface area (Å²) in [5.74, 6) is 0.827. The first-order valence-corrected chi connectivity index (χ1v) is 15.0. The van der Waals surface area contributed by atoms with E-state index in [0.29, 0.717) is 23.8 Å². The van der Waals surface area contributed by atoms with Gasteiger partial charge in [0, 0.05) is 23.8 Å². The maximum atomic E-state index is 12.3. The predicted octanol–water partition coefficient (Wildman–Crippen LogP) is 6.78. The molecule has 35 heavy (non-hydrogen) atoms. The highest BCUT2D eigenvalue weighted by molar-refractivity contribution is 7.92. The zero-order chi connectivity index (χ0) is 25.7. The molecule has 1 aliphatic heterocycles. The molecule has 1 fully saturated rings. The minimum absolute atomic E-state index is 0.288. The summed E-state index contributed by atoms with van der Waals surface area (Å²) in [6.45, 7) is 9.22. The van der Waals surface area contributed by atoms with Crippen LogP contribution in [0.4, 0.5) is 5.69 Å². The summed E-state index contributed by atoms with van der Waals surface area (Å²) >= 11 is 6.00. The summed E-state index contributed by atoms with van der Waals surface area (Å²) < 4.78 is 23.9. The number of halogens is 1. The fourth-order valence-electron chi connectivity index (χ4n) is 4.78. The van der Waals surface area contributed by atoms with Crippen molar-refractivity contribution < 1.29 is 13.5 Å². The van der Waals surface area contributed by atoms with Gasteiger partial charge in [-0.1, -0.05) is 49.2 Å². The molecule has 0 saturated carbocycles. The van der Waals surface area contributed by atoms with Crippen LogP contribution in [0.5, 0.6) is 0 Å². The van der Waals surface area contributed by atoms with E-state index in [4.69, 9.17) is 11.6 Å². The Morgan fingerprint density at radius 3 is 2.11 bits per heavy atom. The molecule has 2 aromatic carbocycles. The van der Waals surface area contributed by atoms with E-state index in [1.807, 2.05) is 24.3 Å². The van der Waals surface area contributed by atoms with E-state index in [1.54, 1.807) is 20.8 Å². The number of sulfone groups is 1. The van der Waals surface area contributed by atoms with Crippen molar-refractivity contribution in [2.75, 3.05) is 23.7 Å². The third-order valence-electron chi connectivity index (χ3n) is 7.48. The predicted molar refractivity (Wildman–Crippen MR) is 148 cm³/mol. The SMILES string of the molecule is CC(CCCc1ccc(N2CCC(O)(c3ccc(Cl)cc3)CC2)cc1)CCCS(=O)(=O)C(C)(C)C. The number of hydrogen-bond acceptors (Lipinski definition) is 4. The zero-order valence-corrected chi connectivity index (χ0v) is 23.3. The Balaban J connectivity index is 1.40. The Hall–Kier alpha value is -1.56. The number of benzene rings is 2. The monoisotopic (exact) mass is 519 g/mol. The van der Waals surface area contributed by atoms with E-state index >= 15 is 0 Å². The Morgan fingerprint density at radius 2 is 1.54 bits per heavy atom. The first-order valence-electron chi connectivity index (χ1n) is 12.9. The third kappa shape index (κ3) is 7.71. The molecular formula is C29H42ClNO3S. The largest absolute Gasteiger partial charge is 0.385 e. The number of anilines is 1. The number of hydrogen-bond donors (Lipinski definition) is 1. The number of rotatable bonds is 10. The van der Waals surface area contributed by atoms with E-state index < -0.39 is 20.2 Å². The van der Waals surface area contributed by atoms with Gasteiger partial charge in [-0.3, -0.25) is 0 Å². The topological polar surface area (TPSA) is 57.6 Å². The van der Waals surface area contributed by atoms with Crippen LogP contribution in [0.2, 0.25) is 5.02 Å². The van der Waals surface area contributed by atoms with Gasteiger partial charge in [0.25, 0.3) is 0 Å². The summed E-state index contributed by atoms with van der Waals surface area (Å²) in [5.41, 5.74) is 2.71. The van der Waals surface area contributed by atoms with Gasteiger partial charge >= 0.3 is 0 Å². The highest BCUT2D eigenvalue weighted by atomic mass is 35.5. The summed E-state index contributed by atoms with van der Waals surface area (Å²) in [7, 11) is -3.02. The molecule has 194 valence electrons. The first-order chi connectivity index (χ1) is 16.4. The zero-order valence-electron chi connectivity index (χ0n) is 21.8. The van der Waals surface area contributed by atoms with Crippen molar-refractivity contribution in [2.45, 2.75) is 83.0 Å². The molecule has 1 saturated heterocycles. The molecule has 0 radical (unpaired) electrons. The average molecular weight is 520 g/mol. The molecule has 3 rings (SSSR count). The van der Waals surface area contributed by atoms with E-state index in [9.17, 15) is 13.5 Å². The van der Waals surface area contributed by atoms with Crippen molar-refractivity contribution in [3.63, 3.8) is 0 Å². The second kappa shape index (κ2) is 11.7. The Bertz CT molecular complexity index is 1030. The average Bonchev–Trinajstić information content (AvgIpc) is 2.80. The minimum atomic E-state index is -3.02. The number of piperidine rings is 1. The van der Waals surface area contributed by atoms with E-state index in [-0.39, 0.29) is 5.75 Å². The minimum Gasteiger partial charge on any atom is -0.385 e. The second-order valence-electron chi connectivity index (χ2n) is 11.3. The quantitative estimate of drug-likeness (QED) is 0.376. The highest BCUT2D eigenvalue weighted by Gasteiger charge is 2.34. The van der Waals surface area contributed by atoms with Gasteiger partial charge < -0.3 is 10.0 Å². The lowest BCUT2D eigenvalue weighted by molar-refractivity contribution is 0.0118. The molecule has 0 amide bonds. The number of aryl methyl sites for hydroxylation is 1. The van der Waals surface area contributed by atoms with E-state index in [0.717, 1.165) is 50.8 Å². The standard InChI is InChI=1S/C29H42ClNO3S/c1-23(8-6-22-35(33,34)28(2,3)4)7-5-9-24-10-16-27(17-11-24)31-20-18-29(32,19-21-31)25-12-14-26(30)15-13-25/h10-17,23,32H,5-9,18-22H2,1-4H3. The molecule has 0 bridgehead atoms. The van der Waals surface area contributed by atoms with Crippen molar-refractivity contribution in [1.29, 1.82) is 0 Å². The molecule has 0 aliphatic carbocycles. The van der Waals surface area contributed by atoms with Gasteiger partial charge in [-0.15, -0.1) is 0 Å². The smallest absolute Gasteiger partial charge is 0.155 e. The fraction of sp³-hybridized carbons (Fsp3) is 0.586. The molecule has 1 heterocycles. The summed E-state index contributed by atoms with van der Waals surface area (Å²) in [4.78, 5) is 2.35. The lowest BCUT2D eigenvalue weighted by Gasteiger charge is -2.39. The van der Waals surface area contributed by atoms with E-state index in [1.165, 1.54) is 11.3 Å². The van der Waals surface area contributed by atoms with Crippen molar-refractivity contribution in [3.05, 3.63) is 64.7 Å². The van der Waals surface area contributed by atoms with Crippen molar-refractivity contribution in [2.24, 2.45) is 5.92 Å². The Morgan fingerprint density at radius 1 is 0.971 bits per heavy atom. The first kappa shape index (κ1) is 28.0. The lowest BCUT2D eigenvalue weighted by Crippen LogP contribution is -2.42. The lowest BCUT2D eigenvalue weighted by atomic mass is 9.84. The maximum Gasteiger partial charge on any atom is 0.155 e. The van der Waals surface area contributed by atoms with Crippen LogP contribution in [0.1, 0.15) is 77.3 Å². The summed E-state index contributed by atoms with van der Waals surface area (Å²) in [5, 5.41) is 11.8. The second-order valence-corrected chi connectivity index (χ2v) is 14.6. The van der Waals surface area contributed by atoms with E-state index in [2.05, 4.69) is 36.1 Å². The Labute approximate surface area is 217 Å². The van der Waals surface area contributed by atoms with Gasteiger partial charge in [0.05, 0.1) is 16.1 Å². The molecule has 1 unspecified atom stereocenters. The van der Waals surface area contributed by atoms with Crippen LogP contribution in [0.15, 0.2) is 48.5 Å². The summed E-state index contributed by atoms with van der Waals surface area (Å²) in [6, 6.07) is 16.4. The highest BCUT2D eigenvalue weighted by Crippen LogP contribution is 2.35.